The van der Waals surface area contributed by atoms with E-state index in [-0.39, 0.29) is 0 Å². The molecular formula is C46H28. The highest BCUT2D eigenvalue weighted by molar-refractivity contribution is 6.26. The fourth-order valence-corrected chi connectivity index (χ4v) is 8.15. The molecule has 1 aliphatic carbocycles. The summed E-state index contributed by atoms with van der Waals surface area (Å²) in [4.78, 5) is 0. The lowest BCUT2D eigenvalue weighted by atomic mass is 9.81. The zero-order chi connectivity index (χ0) is 30.2. The minimum Gasteiger partial charge on any atom is -0.0616 e. The molecule has 9 aromatic carbocycles. The molecule has 1 aliphatic rings. The normalized spacial score (nSPS) is 11.9. The van der Waals surface area contributed by atoms with E-state index in [0.29, 0.717) is 0 Å². The lowest BCUT2D eigenvalue weighted by molar-refractivity contribution is 1.61. The molecule has 0 nitrogen and oxygen atoms in total. The van der Waals surface area contributed by atoms with Crippen molar-refractivity contribution in [3.05, 3.63) is 170 Å². The number of fused-ring (bicyclic) bond motifs is 8. The standard InChI is InChI=1S/C46H28/c1-2-17-31-29(13-1)14-9-24-34(31)44-37-20-5-7-22-39(37)45(40-23-8-6-21-38(40)44)42-28-12-26-36-33-19-4-3-18-32(33)35-25-10-15-30-16-11-27-41(43(30)35)46(36)42/h1-28H. The quantitative estimate of drug-likeness (QED) is 0.178. The molecule has 0 fully saturated rings. The van der Waals surface area contributed by atoms with Gasteiger partial charge in [-0.1, -0.05) is 170 Å². The van der Waals surface area contributed by atoms with Crippen molar-refractivity contribution in [1.29, 1.82) is 0 Å². The Morgan fingerprint density at radius 3 is 1.26 bits per heavy atom. The highest BCUT2D eigenvalue weighted by Gasteiger charge is 2.26. The number of hydrogen-bond acceptors (Lipinski definition) is 0. The Morgan fingerprint density at radius 2 is 0.587 bits per heavy atom. The monoisotopic (exact) mass is 580 g/mol. The highest BCUT2D eigenvalue weighted by atomic mass is 14.3. The van der Waals surface area contributed by atoms with Gasteiger partial charge < -0.3 is 0 Å². The largest absolute Gasteiger partial charge is 0.0616 e. The Labute approximate surface area is 267 Å². The summed E-state index contributed by atoms with van der Waals surface area (Å²) in [7, 11) is 0. The van der Waals surface area contributed by atoms with E-state index in [1.54, 1.807) is 0 Å². The minimum absolute atomic E-state index is 1.26. The van der Waals surface area contributed by atoms with Crippen LogP contribution in [0.4, 0.5) is 0 Å². The summed E-state index contributed by atoms with van der Waals surface area (Å²) >= 11 is 0. The van der Waals surface area contributed by atoms with E-state index >= 15 is 0 Å². The number of benzene rings is 9. The number of hydrogen-bond donors (Lipinski definition) is 0. The van der Waals surface area contributed by atoms with E-state index in [1.807, 2.05) is 0 Å². The first kappa shape index (κ1) is 25.4. The molecule has 0 bridgehead atoms. The van der Waals surface area contributed by atoms with Gasteiger partial charge in [0.1, 0.15) is 0 Å². The maximum Gasteiger partial charge on any atom is -0.00197 e. The molecule has 9 aromatic rings. The molecule has 10 rings (SSSR count). The second-order valence-corrected chi connectivity index (χ2v) is 12.4. The van der Waals surface area contributed by atoms with Gasteiger partial charge in [0.2, 0.25) is 0 Å². The first-order chi connectivity index (χ1) is 22.9. The second kappa shape index (κ2) is 9.76. The van der Waals surface area contributed by atoms with Gasteiger partial charge in [0.15, 0.2) is 0 Å². The van der Waals surface area contributed by atoms with Gasteiger partial charge in [-0.05, 0) is 98.7 Å². The second-order valence-electron chi connectivity index (χ2n) is 12.4. The van der Waals surface area contributed by atoms with E-state index in [1.165, 1.54) is 98.7 Å². The van der Waals surface area contributed by atoms with Crippen LogP contribution in [0.2, 0.25) is 0 Å². The lowest BCUT2D eigenvalue weighted by Crippen LogP contribution is -1.94. The van der Waals surface area contributed by atoms with Gasteiger partial charge >= 0.3 is 0 Å². The highest BCUT2D eigenvalue weighted by Crippen LogP contribution is 2.53. The van der Waals surface area contributed by atoms with Crippen LogP contribution in [0.5, 0.6) is 0 Å². The predicted octanol–water partition coefficient (Wildman–Crippen LogP) is 12.9. The van der Waals surface area contributed by atoms with Crippen LogP contribution in [0.1, 0.15) is 0 Å². The summed E-state index contributed by atoms with van der Waals surface area (Å²) in [6.45, 7) is 0. The van der Waals surface area contributed by atoms with Crippen LogP contribution >= 0.6 is 0 Å². The van der Waals surface area contributed by atoms with Gasteiger partial charge in [0.05, 0.1) is 0 Å². The fourth-order valence-electron chi connectivity index (χ4n) is 8.15. The Morgan fingerprint density at radius 1 is 0.196 bits per heavy atom. The SMILES string of the molecule is c1ccc2c(c1)-c1cccc(-c3c4ccccc4c(-c4cccc5ccccc45)c4ccccc34)c1-c1cccc3cccc-2c13. The van der Waals surface area contributed by atoms with Crippen LogP contribution in [-0.2, 0) is 0 Å². The third kappa shape index (κ3) is 3.50. The molecule has 0 aromatic heterocycles. The van der Waals surface area contributed by atoms with Gasteiger partial charge in [-0.3, -0.25) is 0 Å². The first-order valence-corrected chi connectivity index (χ1v) is 16.0. The van der Waals surface area contributed by atoms with E-state index in [9.17, 15) is 0 Å². The molecule has 0 unspecified atom stereocenters. The third-order valence-corrected chi connectivity index (χ3v) is 10.0. The smallest absolute Gasteiger partial charge is 0.00197 e. The maximum absolute atomic E-state index is 2.35. The molecule has 0 N–H and O–H groups in total. The summed E-state index contributed by atoms with van der Waals surface area (Å²) in [5.74, 6) is 0. The molecular weight excluding hydrogens is 553 g/mol. The fraction of sp³-hybridized carbons (Fsp3) is 0. The van der Waals surface area contributed by atoms with Gasteiger partial charge in [-0.15, -0.1) is 0 Å². The molecule has 0 heteroatoms. The Hall–Kier alpha value is -5.98. The lowest BCUT2D eigenvalue weighted by Gasteiger charge is -2.22. The third-order valence-electron chi connectivity index (χ3n) is 10.0. The average molecular weight is 581 g/mol. The van der Waals surface area contributed by atoms with Crippen molar-refractivity contribution in [2.75, 3.05) is 0 Å². The van der Waals surface area contributed by atoms with Crippen LogP contribution < -0.4 is 0 Å². The maximum atomic E-state index is 2.35. The molecule has 0 aliphatic heterocycles. The van der Waals surface area contributed by atoms with Gasteiger partial charge in [0, 0.05) is 0 Å². The van der Waals surface area contributed by atoms with Crippen molar-refractivity contribution in [1.82, 2.24) is 0 Å². The predicted molar refractivity (Wildman–Crippen MR) is 197 cm³/mol. The van der Waals surface area contributed by atoms with Crippen LogP contribution in [0, 0.1) is 0 Å². The molecule has 0 radical (unpaired) electrons. The Balaban J connectivity index is 1.40. The Kier molecular flexibility index (Phi) is 5.38. The molecule has 0 spiro atoms. The molecule has 212 valence electrons. The van der Waals surface area contributed by atoms with Crippen LogP contribution in [-0.4, -0.2) is 0 Å². The van der Waals surface area contributed by atoms with Crippen molar-refractivity contribution in [2.24, 2.45) is 0 Å². The first-order valence-electron chi connectivity index (χ1n) is 16.0. The molecule has 0 saturated heterocycles. The van der Waals surface area contributed by atoms with Crippen LogP contribution in [0.25, 0.3) is 98.7 Å². The minimum atomic E-state index is 1.26. The van der Waals surface area contributed by atoms with Crippen molar-refractivity contribution in [3.8, 4) is 55.6 Å². The topological polar surface area (TPSA) is 0 Å². The van der Waals surface area contributed by atoms with E-state index in [0.717, 1.165) is 0 Å². The summed E-state index contributed by atoms with van der Waals surface area (Å²) < 4.78 is 0. The number of rotatable bonds is 2. The summed E-state index contributed by atoms with van der Waals surface area (Å²) in [6, 6.07) is 62.9. The summed E-state index contributed by atoms with van der Waals surface area (Å²) in [5, 5.41) is 10.2. The molecule has 0 amide bonds. The van der Waals surface area contributed by atoms with E-state index in [2.05, 4.69) is 170 Å². The van der Waals surface area contributed by atoms with Gasteiger partial charge in [-0.25, -0.2) is 0 Å². The van der Waals surface area contributed by atoms with Crippen molar-refractivity contribution in [2.45, 2.75) is 0 Å². The molecule has 0 heterocycles. The zero-order valence-corrected chi connectivity index (χ0v) is 25.2. The van der Waals surface area contributed by atoms with Gasteiger partial charge in [-0.2, -0.15) is 0 Å². The van der Waals surface area contributed by atoms with Gasteiger partial charge in [0.25, 0.3) is 0 Å². The zero-order valence-electron chi connectivity index (χ0n) is 25.2. The Bertz CT molecular complexity index is 2620. The van der Waals surface area contributed by atoms with Crippen LogP contribution in [0.15, 0.2) is 170 Å². The molecule has 0 saturated carbocycles. The van der Waals surface area contributed by atoms with Crippen LogP contribution in [0.3, 0.4) is 0 Å². The van der Waals surface area contributed by atoms with E-state index in [4.69, 9.17) is 0 Å². The van der Waals surface area contributed by atoms with Crippen molar-refractivity contribution >= 4 is 43.1 Å². The average Bonchev–Trinajstić information content (AvgIpc) is 3.25. The molecule has 0 atom stereocenters. The summed E-state index contributed by atoms with van der Waals surface area (Å²) in [5.41, 5.74) is 12.9. The van der Waals surface area contributed by atoms with E-state index < -0.39 is 0 Å². The van der Waals surface area contributed by atoms with Crippen molar-refractivity contribution < 1.29 is 0 Å². The summed E-state index contributed by atoms with van der Waals surface area (Å²) in [6.07, 6.45) is 0. The van der Waals surface area contributed by atoms with Crippen molar-refractivity contribution in [3.63, 3.8) is 0 Å². The molecule has 46 heavy (non-hydrogen) atoms.